The SMILES string of the molecule is C[C@H]1C(NC(=O)c2ccc(-c3ccccc3)cc2)CCN1c1ccc(C#N)c(Cl)c1. The van der Waals surface area contributed by atoms with Crippen LogP contribution in [0.4, 0.5) is 5.69 Å². The van der Waals surface area contributed by atoms with Crippen LogP contribution in [0, 0.1) is 11.3 Å². The number of carbonyl (C=O) groups is 1. The lowest BCUT2D eigenvalue weighted by Gasteiger charge is -2.27. The summed E-state index contributed by atoms with van der Waals surface area (Å²) in [5, 5.41) is 12.7. The second-order valence-electron chi connectivity index (χ2n) is 7.52. The molecule has 30 heavy (non-hydrogen) atoms. The second kappa shape index (κ2) is 8.61. The first-order valence-corrected chi connectivity index (χ1v) is 10.4. The van der Waals surface area contributed by atoms with Gasteiger partial charge in [0, 0.05) is 23.8 Å². The molecule has 3 aromatic rings. The fourth-order valence-electron chi connectivity index (χ4n) is 3.97. The van der Waals surface area contributed by atoms with Crippen LogP contribution in [0.1, 0.15) is 29.3 Å². The van der Waals surface area contributed by atoms with Gasteiger partial charge in [0.25, 0.3) is 5.91 Å². The van der Waals surface area contributed by atoms with E-state index in [9.17, 15) is 4.79 Å². The molecule has 150 valence electrons. The summed E-state index contributed by atoms with van der Waals surface area (Å²) < 4.78 is 0. The Labute approximate surface area is 181 Å². The highest BCUT2D eigenvalue weighted by molar-refractivity contribution is 6.32. The molecule has 0 aromatic heterocycles. The van der Waals surface area contributed by atoms with Crippen LogP contribution in [0.15, 0.2) is 72.8 Å². The monoisotopic (exact) mass is 415 g/mol. The number of benzene rings is 3. The smallest absolute Gasteiger partial charge is 0.251 e. The molecule has 1 saturated heterocycles. The summed E-state index contributed by atoms with van der Waals surface area (Å²) in [5.74, 6) is -0.0637. The van der Waals surface area contributed by atoms with Crippen molar-refractivity contribution in [1.82, 2.24) is 5.32 Å². The number of amides is 1. The number of nitrogens with zero attached hydrogens (tertiary/aromatic N) is 2. The van der Waals surface area contributed by atoms with E-state index in [4.69, 9.17) is 16.9 Å². The Balaban J connectivity index is 1.43. The average Bonchev–Trinajstić information content (AvgIpc) is 3.14. The molecule has 1 aliphatic heterocycles. The van der Waals surface area contributed by atoms with Crippen LogP contribution in [0.5, 0.6) is 0 Å². The van der Waals surface area contributed by atoms with Crippen molar-refractivity contribution in [1.29, 1.82) is 5.26 Å². The average molecular weight is 416 g/mol. The van der Waals surface area contributed by atoms with Crippen LogP contribution in [-0.2, 0) is 0 Å². The zero-order valence-corrected chi connectivity index (χ0v) is 17.4. The Kier molecular flexibility index (Phi) is 5.74. The molecule has 1 amide bonds. The predicted molar refractivity (Wildman–Crippen MR) is 121 cm³/mol. The molecule has 1 heterocycles. The van der Waals surface area contributed by atoms with Crippen molar-refractivity contribution in [3.05, 3.63) is 88.9 Å². The summed E-state index contributed by atoms with van der Waals surface area (Å²) in [6.45, 7) is 2.92. The zero-order chi connectivity index (χ0) is 21.1. The van der Waals surface area contributed by atoms with Gasteiger partial charge in [-0.25, -0.2) is 0 Å². The molecule has 0 spiro atoms. The summed E-state index contributed by atoms with van der Waals surface area (Å²) in [6.07, 6.45) is 0.854. The normalized spacial score (nSPS) is 18.1. The van der Waals surface area contributed by atoms with Gasteiger partial charge in [0.05, 0.1) is 16.6 Å². The van der Waals surface area contributed by atoms with Gasteiger partial charge in [-0.3, -0.25) is 4.79 Å². The van der Waals surface area contributed by atoms with Gasteiger partial charge in [0.2, 0.25) is 0 Å². The fraction of sp³-hybridized carbons (Fsp3) is 0.200. The largest absolute Gasteiger partial charge is 0.367 e. The van der Waals surface area contributed by atoms with Crippen molar-refractivity contribution >= 4 is 23.2 Å². The van der Waals surface area contributed by atoms with Gasteiger partial charge in [0.1, 0.15) is 6.07 Å². The van der Waals surface area contributed by atoms with Gasteiger partial charge in [-0.15, -0.1) is 0 Å². The van der Waals surface area contributed by atoms with Crippen molar-refractivity contribution in [3.63, 3.8) is 0 Å². The zero-order valence-electron chi connectivity index (χ0n) is 16.7. The number of nitrogens with one attached hydrogen (secondary N) is 1. The molecule has 1 N–H and O–H groups in total. The van der Waals surface area contributed by atoms with E-state index in [2.05, 4.69) is 35.3 Å². The van der Waals surface area contributed by atoms with Crippen molar-refractivity contribution in [3.8, 4) is 17.2 Å². The molecule has 0 bridgehead atoms. The maximum Gasteiger partial charge on any atom is 0.251 e. The Morgan fingerprint density at radius 1 is 1.07 bits per heavy atom. The predicted octanol–water partition coefficient (Wildman–Crippen LogP) is 5.28. The molecular weight excluding hydrogens is 394 g/mol. The molecule has 0 radical (unpaired) electrons. The molecule has 5 heteroatoms. The highest BCUT2D eigenvalue weighted by atomic mass is 35.5. The third-order valence-corrected chi connectivity index (χ3v) is 6.04. The van der Waals surface area contributed by atoms with Crippen LogP contribution in [0.3, 0.4) is 0 Å². The highest BCUT2D eigenvalue weighted by Gasteiger charge is 2.32. The molecule has 4 nitrogen and oxygen atoms in total. The van der Waals surface area contributed by atoms with E-state index >= 15 is 0 Å². The summed E-state index contributed by atoms with van der Waals surface area (Å²) >= 11 is 6.19. The van der Waals surface area contributed by atoms with Crippen LogP contribution < -0.4 is 10.2 Å². The van der Waals surface area contributed by atoms with Gasteiger partial charge in [-0.2, -0.15) is 5.26 Å². The van der Waals surface area contributed by atoms with Gasteiger partial charge in [-0.05, 0) is 54.8 Å². The molecule has 0 aliphatic carbocycles. The molecule has 1 aliphatic rings. The van der Waals surface area contributed by atoms with E-state index in [-0.39, 0.29) is 18.0 Å². The summed E-state index contributed by atoms with van der Waals surface area (Å²) in [4.78, 5) is 15.0. The first-order chi connectivity index (χ1) is 14.6. The molecule has 0 saturated carbocycles. The lowest BCUT2D eigenvalue weighted by atomic mass is 10.0. The second-order valence-corrected chi connectivity index (χ2v) is 7.93. The van der Waals surface area contributed by atoms with E-state index in [1.54, 1.807) is 6.07 Å². The molecule has 4 rings (SSSR count). The number of hydrogen-bond acceptors (Lipinski definition) is 3. The van der Waals surface area contributed by atoms with Crippen molar-refractivity contribution in [2.24, 2.45) is 0 Å². The summed E-state index contributed by atoms with van der Waals surface area (Å²) in [6, 6.07) is 25.5. The molecule has 1 unspecified atom stereocenters. The number of halogens is 1. The number of hydrogen-bond donors (Lipinski definition) is 1. The van der Waals surface area contributed by atoms with E-state index in [0.29, 0.717) is 16.1 Å². The van der Waals surface area contributed by atoms with Crippen molar-refractivity contribution < 1.29 is 4.79 Å². The summed E-state index contributed by atoms with van der Waals surface area (Å²) in [7, 11) is 0. The Morgan fingerprint density at radius 3 is 2.43 bits per heavy atom. The van der Waals surface area contributed by atoms with E-state index in [1.807, 2.05) is 54.6 Å². The molecule has 3 aromatic carbocycles. The number of carbonyl (C=O) groups excluding carboxylic acids is 1. The van der Waals surface area contributed by atoms with E-state index < -0.39 is 0 Å². The Hall–Kier alpha value is -3.29. The molecule has 1 fully saturated rings. The van der Waals surface area contributed by atoms with Crippen molar-refractivity contribution in [2.75, 3.05) is 11.4 Å². The maximum absolute atomic E-state index is 12.8. The number of rotatable bonds is 4. The van der Waals surface area contributed by atoms with Crippen molar-refractivity contribution in [2.45, 2.75) is 25.4 Å². The summed E-state index contributed by atoms with van der Waals surface area (Å²) in [5.41, 5.74) is 4.31. The minimum Gasteiger partial charge on any atom is -0.367 e. The fourth-order valence-corrected chi connectivity index (χ4v) is 4.18. The minimum absolute atomic E-state index is 0.0423. The lowest BCUT2D eigenvalue weighted by Crippen LogP contribution is -2.43. The van der Waals surface area contributed by atoms with Gasteiger partial charge < -0.3 is 10.2 Å². The van der Waals surface area contributed by atoms with E-state index in [1.165, 1.54) is 0 Å². The first kappa shape index (κ1) is 20.0. The van der Waals surface area contributed by atoms with Gasteiger partial charge >= 0.3 is 0 Å². The van der Waals surface area contributed by atoms with Crippen LogP contribution in [0.2, 0.25) is 5.02 Å². The van der Waals surface area contributed by atoms with Gasteiger partial charge in [0.15, 0.2) is 0 Å². The van der Waals surface area contributed by atoms with Gasteiger partial charge in [-0.1, -0.05) is 54.1 Å². The lowest BCUT2D eigenvalue weighted by molar-refractivity contribution is 0.0935. The van der Waals surface area contributed by atoms with E-state index in [0.717, 1.165) is 29.8 Å². The highest BCUT2D eigenvalue weighted by Crippen LogP contribution is 2.29. The molecular formula is C25H22ClN3O. The third-order valence-electron chi connectivity index (χ3n) is 5.73. The molecule has 2 atom stereocenters. The number of nitriles is 1. The number of anilines is 1. The van der Waals surface area contributed by atoms with Crippen LogP contribution >= 0.6 is 11.6 Å². The topological polar surface area (TPSA) is 56.1 Å². The first-order valence-electron chi connectivity index (χ1n) is 9.99. The minimum atomic E-state index is -0.0637. The standard InChI is InChI=1S/C25H22ClN3O/c1-17-24(13-14-29(17)22-12-11-21(16-27)23(26)15-22)28-25(30)20-9-7-19(8-10-20)18-5-3-2-4-6-18/h2-12,15,17,24H,13-14H2,1H3,(H,28,30)/t17-,24?/m0/s1. The van der Waals surface area contributed by atoms with Crippen LogP contribution in [-0.4, -0.2) is 24.5 Å². The third kappa shape index (κ3) is 4.03. The van der Waals surface area contributed by atoms with Crippen LogP contribution in [0.25, 0.3) is 11.1 Å². The quantitative estimate of drug-likeness (QED) is 0.631. The Morgan fingerprint density at radius 2 is 1.77 bits per heavy atom. The maximum atomic E-state index is 12.8. The Bertz CT molecular complexity index is 1090.